The number of esters is 4. The highest BCUT2D eigenvalue weighted by atomic mass is 16.5. The zero-order chi connectivity index (χ0) is 28.3. The molecule has 0 atom stereocenters. The second-order valence-corrected chi connectivity index (χ2v) is 8.58. The summed E-state index contributed by atoms with van der Waals surface area (Å²) in [5, 5.41) is 0. The zero-order valence-electron chi connectivity index (χ0n) is 22.5. The van der Waals surface area contributed by atoms with Crippen LogP contribution in [0.15, 0.2) is 69.6 Å². The summed E-state index contributed by atoms with van der Waals surface area (Å²) in [6.07, 6.45) is 0. The maximum absolute atomic E-state index is 12.7. The standard InChI is InChI=1S/C28H30O10/c1-13-19(25(29)33-5)23(20(14(2)37-13)26(30)34-6)17-9-11-18(12-10-17)24-21(27(31)35-7)15(3)38-16(4)22(24)28(32)36-8/h9-12,23-24H,1-8H3. The van der Waals surface area contributed by atoms with Crippen LogP contribution in [0.3, 0.4) is 0 Å². The van der Waals surface area contributed by atoms with Crippen LogP contribution in [0.1, 0.15) is 50.7 Å². The fourth-order valence-electron chi connectivity index (χ4n) is 4.81. The molecule has 0 aromatic heterocycles. The number of hydrogen-bond acceptors (Lipinski definition) is 10. The predicted molar refractivity (Wildman–Crippen MR) is 133 cm³/mol. The molecule has 0 radical (unpaired) electrons. The van der Waals surface area contributed by atoms with Crippen LogP contribution in [-0.4, -0.2) is 52.3 Å². The van der Waals surface area contributed by atoms with E-state index in [2.05, 4.69) is 0 Å². The fraction of sp³-hybridized carbons (Fsp3) is 0.357. The fourth-order valence-corrected chi connectivity index (χ4v) is 4.81. The first-order valence-corrected chi connectivity index (χ1v) is 11.6. The van der Waals surface area contributed by atoms with Crippen LogP contribution in [0.2, 0.25) is 0 Å². The first-order chi connectivity index (χ1) is 18.0. The Morgan fingerprint density at radius 3 is 0.895 bits per heavy atom. The van der Waals surface area contributed by atoms with Crippen molar-refractivity contribution >= 4 is 23.9 Å². The lowest BCUT2D eigenvalue weighted by Gasteiger charge is -2.30. The van der Waals surface area contributed by atoms with E-state index in [0.717, 1.165) is 0 Å². The molecule has 2 heterocycles. The van der Waals surface area contributed by atoms with E-state index in [1.807, 2.05) is 0 Å². The maximum Gasteiger partial charge on any atom is 0.338 e. The Morgan fingerprint density at radius 2 is 0.711 bits per heavy atom. The molecule has 0 saturated carbocycles. The third kappa shape index (κ3) is 4.93. The van der Waals surface area contributed by atoms with Gasteiger partial charge in [-0.1, -0.05) is 24.3 Å². The Kier molecular flexibility index (Phi) is 8.45. The third-order valence-electron chi connectivity index (χ3n) is 6.51. The van der Waals surface area contributed by atoms with Crippen molar-refractivity contribution in [1.29, 1.82) is 0 Å². The molecule has 0 amide bonds. The second kappa shape index (κ2) is 11.4. The average Bonchev–Trinajstić information content (AvgIpc) is 2.90. The first kappa shape index (κ1) is 28.2. The summed E-state index contributed by atoms with van der Waals surface area (Å²) in [4.78, 5) is 51.0. The van der Waals surface area contributed by atoms with Gasteiger partial charge < -0.3 is 28.4 Å². The molecule has 10 nitrogen and oxygen atoms in total. The number of methoxy groups -OCH3 is 4. The Bertz CT molecular complexity index is 1130. The first-order valence-electron chi connectivity index (χ1n) is 11.6. The minimum atomic E-state index is -0.845. The van der Waals surface area contributed by atoms with Gasteiger partial charge in [-0.25, -0.2) is 19.2 Å². The normalized spacial score (nSPS) is 16.6. The topological polar surface area (TPSA) is 124 Å². The van der Waals surface area contributed by atoms with E-state index in [4.69, 9.17) is 28.4 Å². The van der Waals surface area contributed by atoms with Crippen molar-refractivity contribution in [3.05, 3.63) is 80.7 Å². The highest BCUT2D eigenvalue weighted by Gasteiger charge is 2.41. The molecule has 2 aliphatic rings. The summed E-state index contributed by atoms with van der Waals surface area (Å²) in [5.41, 5.74) is 1.71. The van der Waals surface area contributed by atoms with Crippen LogP contribution in [0.5, 0.6) is 0 Å². The molecule has 38 heavy (non-hydrogen) atoms. The smallest absolute Gasteiger partial charge is 0.338 e. The van der Waals surface area contributed by atoms with Crippen LogP contribution in [0, 0.1) is 0 Å². The molecule has 0 aliphatic carbocycles. The van der Waals surface area contributed by atoms with E-state index in [9.17, 15) is 19.2 Å². The number of allylic oxidation sites excluding steroid dienone is 4. The molecule has 0 spiro atoms. The van der Waals surface area contributed by atoms with Gasteiger partial charge >= 0.3 is 23.9 Å². The van der Waals surface area contributed by atoms with Crippen molar-refractivity contribution in [2.75, 3.05) is 28.4 Å². The Labute approximate surface area is 220 Å². The van der Waals surface area contributed by atoms with Gasteiger partial charge in [-0.3, -0.25) is 0 Å². The molecule has 2 aliphatic heterocycles. The number of hydrogen-bond donors (Lipinski definition) is 0. The quantitative estimate of drug-likeness (QED) is 0.400. The summed E-state index contributed by atoms with van der Waals surface area (Å²) < 4.78 is 31.3. The molecule has 10 heteroatoms. The summed E-state index contributed by atoms with van der Waals surface area (Å²) in [7, 11) is 4.96. The molecule has 0 unspecified atom stereocenters. The lowest BCUT2D eigenvalue weighted by molar-refractivity contribution is -0.139. The second-order valence-electron chi connectivity index (χ2n) is 8.58. The third-order valence-corrected chi connectivity index (χ3v) is 6.51. The summed E-state index contributed by atoms with van der Waals surface area (Å²) in [5.74, 6) is -3.17. The van der Waals surface area contributed by atoms with Crippen LogP contribution in [0.4, 0.5) is 0 Å². The van der Waals surface area contributed by atoms with Gasteiger partial charge in [0.15, 0.2) is 0 Å². The molecular weight excluding hydrogens is 496 g/mol. The largest absolute Gasteiger partial charge is 0.466 e. The van der Waals surface area contributed by atoms with Gasteiger partial charge in [-0.05, 0) is 38.8 Å². The Morgan fingerprint density at radius 1 is 0.500 bits per heavy atom. The van der Waals surface area contributed by atoms with E-state index in [-0.39, 0.29) is 22.3 Å². The molecule has 0 N–H and O–H groups in total. The van der Waals surface area contributed by atoms with Crippen molar-refractivity contribution in [3.63, 3.8) is 0 Å². The molecule has 0 bridgehead atoms. The number of rotatable bonds is 6. The molecular formula is C28H30O10. The summed E-state index contributed by atoms with van der Waals surface area (Å²) >= 11 is 0. The molecule has 1 aromatic carbocycles. The van der Waals surface area contributed by atoms with E-state index in [0.29, 0.717) is 34.2 Å². The monoisotopic (exact) mass is 526 g/mol. The predicted octanol–water partition coefficient (Wildman–Crippen LogP) is 3.70. The summed E-state index contributed by atoms with van der Waals surface area (Å²) in [6, 6.07) is 6.78. The highest BCUT2D eigenvalue weighted by molar-refractivity contribution is 6.00. The lowest BCUT2D eigenvalue weighted by atomic mass is 9.78. The number of benzene rings is 1. The number of carbonyl (C=O) groups is 4. The van der Waals surface area contributed by atoms with E-state index < -0.39 is 35.7 Å². The Hall–Kier alpha value is -4.34. The Balaban J connectivity index is 2.21. The van der Waals surface area contributed by atoms with Crippen LogP contribution >= 0.6 is 0 Å². The van der Waals surface area contributed by atoms with E-state index in [1.165, 1.54) is 28.4 Å². The molecule has 0 saturated heterocycles. The van der Waals surface area contributed by atoms with Crippen molar-refractivity contribution in [2.24, 2.45) is 0 Å². The average molecular weight is 527 g/mol. The molecule has 202 valence electrons. The van der Waals surface area contributed by atoms with Gasteiger partial charge in [0.25, 0.3) is 0 Å². The molecule has 0 fully saturated rings. The van der Waals surface area contributed by atoms with Gasteiger partial charge in [0.2, 0.25) is 0 Å². The minimum absolute atomic E-state index is 0.147. The molecule has 3 rings (SSSR count). The minimum Gasteiger partial charge on any atom is -0.466 e. The van der Waals surface area contributed by atoms with Crippen molar-refractivity contribution in [1.82, 2.24) is 0 Å². The van der Waals surface area contributed by atoms with Gasteiger partial charge in [-0.2, -0.15) is 0 Å². The molecule has 1 aromatic rings. The van der Waals surface area contributed by atoms with Crippen LogP contribution in [-0.2, 0) is 47.6 Å². The zero-order valence-corrected chi connectivity index (χ0v) is 22.5. The van der Waals surface area contributed by atoms with Crippen molar-refractivity contribution < 1.29 is 47.6 Å². The van der Waals surface area contributed by atoms with Gasteiger partial charge in [0.1, 0.15) is 23.0 Å². The maximum atomic E-state index is 12.7. The van der Waals surface area contributed by atoms with E-state index in [1.54, 1.807) is 52.0 Å². The van der Waals surface area contributed by atoms with Gasteiger partial charge in [0.05, 0.1) is 62.6 Å². The van der Waals surface area contributed by atoms with E-state index >= 15 is 0 Å². The highest BCUT2D eigenvalue weighted by Crippen LogP contribution is 2.44. The summed E-state index contributed by atoms with van der Waals surface area (Å²) in [6.45, 7) is 6.44. The number of carbonyl (C=O) groups excluding carboxylic acids is 4. The van der Waals surface area contributed by atoms with Gasteiger partial charge in [0, 0.05) is 0 Å². The van der Waals surface area contributed by atoms with Gasteiger partial charge in [-0.15, -0.1) is 0 Å². The van der Waals surface area contributed by atoms with Crippen molar-refractivity contribution in [3.8, 4) is 0 Å². The van der Waals surface area contributed by atoms with Crippen LogP contribution < -0.4 is 0 Å². The lowest BCUT2D eigenvalue weighted by Crippen LogP contribution is -2.27. The number of ether oxygens (including phenoxy) is 6. The van der Waals surface area contributed by atoms with Crippen molar-refractivity contribution in [2.45, 2.75) is 39.5 Å². The SMILES string of the molecule is COC(=O)C1=C(C)OC(C)=C(C(=O)OC)C1c1ccc(C2C(C(=O)OC)=C(C)OC(C)=C2C(=O)OC)cc1. The van der Waals surface area contributed by atoms with Crippen LogP contribution in [0.25, 0.3) is 0 Å².